The summed E-state index contributed by atoms with van der Waals surface area (Å²) in [6, 6.07) is 1.94. The lowest BCUT2D eigenvalue weighted by atomic mass is 10.2. The number of nitrogens with one attached hydrogen (secondary N) is 2. The minimum atomic E-state index is 0.789. The van der Waals surface area contributed by atoms with Gasteiger partial charge >= 0.3 is 0 Å². The average Bonchev–Trinajstić information content (AvgIpc) is 3.19. The predicted octanol–water partition coefficient (Wildman–Crippen LogP) is 1.19. The summed E-state index contributed by atoms with van der Waals surface area (Å²) in [5, 5.41) is 15.0. The van der Waals surface area contributed by atoms with Gasteiger partial charge < -0.3 is 10.6 Å². The molecule has 2 rings (SSSR count). The Hall–Kier alpha value is -2.31. The standard InChI is InChI=1S/C16H27N7/c1-3-17-16(19-9-5-11-23-12-6-10-20-23)18-8-4-7-15-13-21-22(2)14-15/h6,10,12-14H,3-5,7-9,11H2,1-2H3,(H2,17,18,19). The first kappa shape index (κ1) is 17.1. The molecule has 0 aliphatic rings. The Morgan fingerprint density at radius 1 is 1.26 bits per heavy atom. The van der Waals surface area contributed by atoms with E-state index in [0.717, 1.165) is 51.4 Å². The summed E-state index contributed by atoms with van der Waals surface area (Å²) in [5.74, 6) is 0.888. The number of hydrogen-bond acceptors (Lipinski definition) is 3. The van der Waals surface area contributed by atoms with Crippen molar-refractivity contribution >= 4 is 5.96 Å². The molecule has 0 saturated heterocycles. The van der Waals surface area contributed by atoms with Crippen molar-refractivity contribution < 1.29 is 0 Å². The fourth-order valence-corrected chi connectivity index (χ4v) is 2.30. The monoisotopic (exact) mass is 317 g/mol. The zero-order chi connectivity index (χ0) is 16.3. The van der Waals surface area contributed by atoms with E-state index in [1.165, 1.54) is 5.56 Å². The summed E-state index contributed by atoms with van der Waals surface area (Å²) in [6.45, 7) is 5.54. The molecule has 2 N–H and O–H groups in total. The second-order valence-electron chi connectivity index (χ2n) is 5.44. The lowest BCUT2D eigenvalue weighted by Gasteiger charge is -2.11. The van der Waals surface area contributed by atoms with Crippen molar-refractivity contribution in [2.45, 2.75) is 32.7 Å². The SMILES string of the molecule is CCNC(=NCCCn1cccn1)NCCCc1cnn(C)c1. The number of rotatable bonds is 9. The van der Waals surface area contributed by atoms with Crippen LogP contribution in [0.25, 0.3) is 0 Å². The van der Waals surface area contributed by atoms with Crippen LogP contribution in [0.15, 0.2) is 35.8 Å². The molecule has 0 aliphatic carbocycles. The Morgan fingerprint density at radius 2 is 2.17 bits per heavy atom. The summed E-state index contributed by atoms with van der Waals surface area (Å²) >= 11 is 0. The Labute approximate surface area is 137 Å². The Bertz CT molecular complexity index is 571. The smallest absolute Gasteiger partial charge is 0.191 e. The first-order chi connectivity index (χ1) is 11.3. The van der Waals surface area contributed by atoms with Crippen LogP contribution < -0.4 is 10.6 Å². The molecule has 0 fully saturated rings. The molecular formula is C16H27N7. The van der Waals surface area contributed by atoms with Crippen LogP contribution in [0.4, 0.5) is 0 Å². The van der Waals surface area contributed by atoms with Gasteiger partial charge in [-0.25, -0.2) is 0 Å². The quantitative estimate of drug-likeness (QED) is 0.414. The highest BCUT2D eigenvalue weighted by Crippen LogP contribution is 1.99. The summed E-state index contributed by atoms with van der Waals surface area (Å²) < 4.78 is 3.78. The van der Waals surface area contributed by atoms with Crippen LogP contribution in [0, 0.1) is 0 Å². The molecule has 23 heavy (non-hydrogen) atoms. The van der Waals surface area contributed by atoms with Crippen molar-refractivity contribution in [1.29, 1.82) is 0 Å². The van der Waals surface area contributed by atoms with Gasteiger partial charge in [0.1, 0.15) is 0 Å². The number of guanidine groups is 1. The van der Waals surface area contributed by atoms with Crippen LogP contribution in [0.3, 0.4) is 0 Å². The van der Waals surface area contributed by atoms with E-state index in [2.05, 4.69) is 38.9 Å². The predicted molar refractivity (Wildman–Crippen MR) is 92.4 cm³/mol. The third-order valence-electron chi connectivity index (χ3n) is 3.41. The van der Waals surface area contributed by atoms with Gasteiger partial charge in [-0.15, -0.1) is 0 Å². The molecule has 0 spiro atoms. The maximum absolute atomic E-state index is 4.60. The number of aromatic nitrogens is 4. The minimum Gasteiger partial charge on any atom is -0.357 e. The molecule has 0 radical (unpaired) electrons. The molecule has 0 amide bonds. The molecular weight excluding hydrogens is 290 g/mol. The van der Waals surface area contributed by atoms with Gasteiger partial charge in [-0.3, -0.25) is 14.4 Å². The van der Waals surface area contributed by atoms with Crippen molar-refractivity contribution in [3.05, 3.63) is 36.4 Å². The van der Waals surface area contributed by atoms with Gasteiger partial charge in [-0.1, -0.05) is 0 Å². The Balaban J connectivity index is 1.64. The molecule has 7 heteroatoms. The number of aliphatic imine (C=N–C) groups is 1. The van der Waals surface area contributed by atoms with E-state index in [-0.39, 0.29) is 0 Å². The average molecular weight is 317 g/mol. The summed E-state index contributed by atoms with van der Waals surface area (Å²) in [5.41, 5.74) is 1.27. The molecule has 0 atom stereocenters. The van der Waals surface area contributed by atoms with E-state index < -0.39 is 0 Å². The van der Waals surface area contributed by atoms with E-state index in [9.17, 15) is 0 Å². The van der Waals surface area contributed by atoms with Crippen molar-refractivity contribution in [1.82, 2.24) is 30.2 Å². The van der Waals surface area contributed by atoms with Crippen LogP contribution in [-0.4, -0.2) is 45.2 Å². The summed E-state index contributed by atoms with van der Waals surface area (Å²) in [4.78, 5) is 4.60. The lowest BCUT2D eigenvalue weighted by Crippen LogP contribution is -2.38. The summed E-state index contributed by atoms with van der Waals surface area (Å²) in [7, 11) is 1.95. The maximum Gasteiger partial charge on any atom is 0.191 e. The van der Waals surface area contributed by atoms with E-state index in [1.54, 1.807) is 6.20 Å². The van der Waals surface area contributed by atoms with Gasteiger partial charge in [0, 0.05) is 51.8 Å². The van der Waals surface area contributed by atoms with Crippen LogP contribution in [0.1, 0.15) is 25.3 Å². The molecule has 0 aliphatic heterocycles. The number of nitrogens with zero attached hydrogens (tertiary/aromatic N) is 5. The highest BCUT2D eigenvalue weighted by molar-refractivity contribution is 5.79. The largest absolute Gasteiger partial charge is 0.357 e. The molecule has 0 unspecified atom stereocenters. The zero-order valence-electron chi connectivity index (χ0n) is 14.1. The molecule has 0 aromatic carbocycles. The van der Waals surface area contributed by atoms with Crippen LogP contribution >= 0.6 is 0 Å². The van der Waals surface area contributed by atoms with Crippen molar-refractivity contribution in [2.24, 2.45) is 12.0 Å². The first-order valence-electron chi connectivity index (χ1n) is 8.25. The van der Waals surface area contributed by atoms with Gasteiger partial charge in [0.05, 0.1) is 6.20 Å². The molecule has 0 bridgehead atoms. The molecule has 0 saturated carbocycles. The van der Waals surface area contributed by atoms with Crippen LogP contribution in [0.2, 0.25) is 0 Å². The first-order valence-corrected chi connectivity index (χ1v) is 8.25. The van der Waals surface area contributed by atoms with E-state index in [1.807, 2.05) is 34.9 Å². The van der Waals surface area contributed by atoms with Crippen molar-refractivity contribution in [3.8, 4) is 0 Å². The third-order valence-corrected chi connectivity index (χ3v) is 3.41. The van der Waals surface area contributed by atoms with Gasteiger partial charge in [-0.05, 0) is 37.8 Å². The Kier molecular flexibility index (Phi) is 7.16. The minimum absolute atomic E-state index is 0.789. The molecule has 2 heterocycles. The number of aryl methyl sites for hydroxylation is 3. The highest BCUT2D eigenvalue weighted by atomic mass is 15.3. The third kappa shape index (κ3) is 6.54. The normalized spacial score (nSPS) is 11.7. The molecule has 126 valence electrons. The Morgan fingerprint density at radius 3 is 2.87 bits per heavy atom. The topological polar surface area (TPSA) is 72.1 Å². The van der Waals surface area contributed by atoms with E-state index >= 15 is 0 Å². The fourth-order valence-electron chi connectivity index (χ4n) is 2.30. The second kappa shape index (κ2) is 9.66. The van der Waals surface area contributed by atoms with Crippen LogP contribution in [-0.2, 0) is 20.0 Å². The molecule has 7 nitrogen and oxygen atoms in total. The number of hydrogen-bond donors (Lipinski definition) is 2. The molecule has 2 aromatic rings. The highest BCUT2D eigenvalue weighted by Gasteiger charge is 1.99. The van der Waals surface area contributed by atoms with E-state index in [0.29, 0.717) is 0 Å². The zero-order valence-corrected chi connectivity index (χ0v) is 14.1. The van der Waals surface area contributed by atoms with Crippen molar-refractivity contribution in [3.63, 3.8) is 0 Å². The summed E-state index contributed by atoms with van der Waals surface area (Å²) in [6.07, 6.45) is 10.8. The molecule has 2 aromatic heterocycles. The lowest BCUT2D eigenvalue weighted by molar-refractivity contribution is 0.583. The van der Waals surface area contributed by atoms with Gasteiger partial charge in [-0.2, -0.15) is 10.2 Å². The fraction of sp³-hybridized carbons (Fsp3) is 0.562. The van der Waals surface area contributed by atoms with Gasteiger partial charge in [0.15, 0.2) is 5.96 Å². The van der Waals surface area contributed by atoms with Gasteiger partial charge in [0.25, 0.3) is 0 Å². The van der Waals surface area contributed by atoms with Crippen LogP contribution in [0.5, 0.6) is 0 Å². The maximum atomic E-state index is 4.60. The van der Waals surface area contributed by atoms with Crippen molar-refractivity contribution in [2.75, 3.05) is 19.6 Å². The van der Waals surface area contributed by atoms with Gasteiger partial charge in [0.2, 0.25) is 0 Å². The second-order valence-corrected chi connectivity index (χ2v) is 5.44. The van der Waals surface area contributed by atoms with E-state index in [4.69, 9.17) is 0 Å².